The molecule has 0 atom stereocenters. The van der Waals surface area contributed by atoms with Crippen LogP contribution in [0.2, 0.25) is 0 Å². The zero-order valence-corrected chi connectivity index (χ0v) is 23.0. The van der Waals surface area contributed by atoms with Crippen LogP contribution in [0.4, 0.5) is 23.1 Å². The molecule has 0 saturated carbocycles. The Balaban J connectivity index is 1.11. The maximum Gasteiger partial charge on any atom is 0.227 e. The van der Waals surface area contributed by atoms with Crippen molar-refractivity contribution in [2.45, 2.75) is 13.3 Å². The van der Waals surface area contributed by atoms with Crippen LogP contribution >= 0.6 is 0 Å². The minimum absolute atomic E-state index is 0.517. The number of aromatic nitrogens is 5. The lowest BCUT2D eigenvalue weighted by Gasteiger charge is -2.26. The summed E-state index contributed by atoms with van der Waals surface area (Å²) in [4.78, 5) is 24.5. The number of nitrogens with zero attached hydrogens (tertiary/aromatic N) is 6. The zero-order chi connectivity index (χ0) is 27.9. The number of nitrogens with one attached hydrogen (secondary N) is 2. The normalized spacial score (nSPS) is 13.7. The lowest BCUT2D eigenvalue weighted by atomic mass is 10.1. The summed E-state index contributed by atoms with van der Waals surface area (Å²) in [6.45, 7) is 7.34. The van der Waals surface area contributed by atoms with E-state index in [2.05, 4.69) is 40.5 Å². The van der Waals surface area contributed by atoms with E-state index in [0.717, 1.165) is 89.8 Å². The summed E-state index contributed by atoms with van der Waals surface area (Å²) in [5, 5.41) is 7.69. The largest absolute Gasteiger partial charge is 0.493 e. The molecule has 6 rings (SSSR count). The number of ether oxygens (including phenoxy) is 2. The molecule has 1 aliphatic rings. The van der Waals surface area contributed by atoms with Crippen molar-refractivity contribution in [1.29, 1.82) is 0 Å². The molecule has 10 heteroatoms. The summed E-state index contributed by atoms with van der Waals surface area (Å²) >= 11 is 0. The van der Waals surface area contributed by atoms with Gasteiger partial charge in [-0.2, -0.15) is 0 Å². The van der Waals surface area contributed by atoms with Crippen LogP contribution in [0.5, 0.6) is 5.75 Å². The molecule has 2 N–H and O–H groups in total. The summed E-state index contributed by atoms with van der Waals surface area (Å²) in [6.07, 6.45) is 9.66. The number of hydrogen-bond donors (Lipinski definition) is 2. The number of benzene rings is 2. The number of rotatable bonds is 10. The Hall–Kier alpha value is -4.67. The fourth-order valence-electron chi connectivity index (χ4n) is 4.70. The molecule has 0 unspecified atom stereocenters. The van der Waals surface area contributed by atoms with Crippen LogP contribution < -0.4 is 15.4 Å². The highest BCUT2D eigenvalue weighted by Gasteiger charge is 2.11. The molecule has 1 aliphatic heterocycles. The summed E-state index contributed by atoms with van der Waals surface area (Å²) < 4.78 is 11.4. The van der Waals surface area contributed by atoms with Gasteiger partial charge >= 0.3 is 0 Å². The van der Waals surface area contributed by atoms with E-state index in [1.165, 1.54) is 0 Å². The van der Waals surface area contributed by atoms with Crippen molar-refractivity contribution in [2.75, 3.05) is 50.1 Å². The highest BCUT2D eigenvalue weighted by atomic mass is 16.5. The number of morpholine rings is 1. The van der Waals surface area contributed by atoms with Crippen molar-refractivity contribution >= 4 is 34.0 Å². The van der Waals surface area contributed by atoms with Gasteiger partial charge in [0.25, 0.3) is 0 Å². The van der Waals surface area contributed by atoms with Crippen molar-refractivity contribution in [2.24, 2.45) is 0 Å². The first-order valence-electron chi connectivity index (χ1n) is 13.8. The van der Waals surface area contributed by atoms with Gasteiger partial charge in [0.1, 0.15) is 17.9 Å². The van der Waals surface area contributed by atoms with Gasteiger partial charge in [0.05, 0.1) is 25.3 Å². The highest BCUT2D eigenvalue weighted by molar-refractivity contribution is 5.91. The number of fused-ring (bicyclic) bond motifs is 1. The van der Waals surface area contributed by atoms with E-state index >= 15 is 0 Å². The monoisotopic (exact) mass is 548 g/mol. The minimum Gasteiger partial charge on any atom is -0.493 e. The lowest BCUT2D eigenvalue weighted by molar-refractivity contribution is 0.0358. The van der Waals surface area contributed by atoms with Gasteiger partial charge < -0.3 is 20.1 Å². The second-order valence-corrected chi connectivity index (χ2v) is 9.87. The molecule has 1 fully saturated rings. The molecule has 41 heavy (non-hydrogen) atoms. The minimum atomic E-state index is 0.517. The van der Waals surface area contributed by atoms with Crippen LogP contribution in [0.25, 0.3) is 22.0 Å². The van der Waals surface area contributed by atoms with E-state index in [-0.39, 0.29) is 0 Å². The third kappa shape index (κ3) is 6.74. The Bertz CT molecular complexity index is 1590. The van der Waals surface area contributed by atoms with Crippen molar-refractivity contribution in [3.05, 3.63) is 85.2 Å². The topological polar surface area (TPSA) is 110 Å². The third-order valence-electron chi connectivity index (χ3n) is 6.99. The van der Waals surface area contributed by atoms with Gasteiger partial charge in [-0.05, 0) is 49.2 Å². The second kappa shape index (κ2) is 12.7. The molecule has 0 amide bonds. The SMILES string of the molecule is Cc1ccc(Nc2ncnc3cc(OCCCN4CCOCC4)ccc23)cc1Nc1ncc(-c2cccnc2)cn1. The third-order valence-corrected chi connectivity index (χ3v) is 6.99. The van der Waals surface area contributed by atoms with E-state index in [0.29, 0.717) is 12.6 Å². The summed E-state index contributed by atoms with van der Waals surface area (Å²) in [6, 6.07) is 15.9. The predicted molar refractivity (Wildman–Crippen MR) is 160 cm³/mol. The van der Waals surface area contributed by atoms with Crippen LogP contribution in [0.1, 0.15) is 12.0 Å². The van der Waals surface area contributed by atoms with E-state index < -0.39 is 0 Å². The van der Waals surface area contributed by atoms with Gasteiger partial charge in [-0.3, -0.25) is 9.88 Å². The molecule has 10 nitrogen and oxygen atoms in total. The standard InChI is InChI=1S/C31H32N8O2/c1-22-5-6-25(16-28(22)38-31-33-19-24(20-34-31)23-4-2-9-32-18-23)37-30-27-8-7-26(17-29(27)35-21-36-30)41-13-3-10-39-11-14-40-15-12-39/h2,4-9,16-21H,3,10-15H2,1H3,(H,33,34,38)(H,35,36,37). The molecule has 208 valence electrons. The Morgan fingerprint density at radius 3 is 2.61 bits per heavy atom. The first-order valence-corrected chi connectivity index (χ1v) is 13.8. The van der Waals surface area contributed by atoms with Crippen molar-refractivity contribution in [3.8, 4) is 16.9 Å². The highest BCUT2D eigenvalue weighted by Crippen LogP contribution is 2.29. The van der Waals surface area contributed by atoms with Crippen molar-refractivity contribution in [3.63, 3.8) is 0 Å². The summed E-state index contributed by atoms with van der Waals surface area (Å²) in [7, 11) is 0. The molecular formula is C31H32N8O2. The fraction of sp³-hybridized carbons (Fsp3) is 0.258. The fourth-order valence-corrected chi connectivity index (χ4v) is 4.70. The van der Waals surface area contributed by atoms with Crippen LogP contribution in [0, 0.1) is 6.92 Å². The maximum absolute atomic E-state index is 6.02. The average Bonchev–Trinajstić information content (AvgIpc) is 3.02. The smallest absolute Gasteiger partial charge is 0.227 e. The average molecular weight is 549 g/mol. The lowest BCUT2D eigenvalue weighted by Crippen LogP contribution is -2.37. The van der Waals surface area contributed by atoms with E-state index in [4.69, 9.17) is 9.47 Å². The van der Waals surface area contributed by atoms with Crippen LogP contribution in [0.15, 0.2) is 79.6 Å². The predicted octanol–water partition coefficient (Wildman–Crippen LogP) is 5.38. The number of anilines is 4. The Morgan fingerprint density at radius 1 is 0.902 bits per heavy atom. The quantitative estimate of drug-likeness (QED) is 0.221. The molecule has 0 aliphatic carbocycles. The van der Waals surface area contributed by atoms with Gasteiger partial charge in [-0.15, -0.1) is 0 Å². The molecule has 1 saturated heterocycles. The van der Waals surface area contributed by atoms with Crippen molar-refractivity contribution in [1.82, 2.24) is 29.8 Å². The van der Waals surface area contributed by atoms with Gasteiger partial charge in [-0.1, -0.05) is 12.1 Å². The molecule has 3 aromatic heterocycles. The van der Waals surface area contributed by atoms with E-state index in [1.54, 1.807) is 31.1 Å². The van der Waals surface area contributed by atoms with Gasteiger partial charge in [0.15, 0.2) is 0 Å². The Morgan fingerprint density at radius 2 is 1.78 bits per heavy atom. The van der Waals surface area contributed by atoms with Crippen LogP contribution in [-0.4, -0.2) is 69.3 Å². The van der Waals surface area contributed by atoms with Gasteiger partial charge in [-0.25, -0.2) is 19.9 Å². The zero-order valence-electron chi connectivity index (χ0n) is 23.0. The molecular weight excluding hydrogens is 516 g/mol. The first kappa shape index (κ1) is 26.5. The maximum atomic E-state index is 6.02. The summed E-state index contributed by atoms with van der Waals surface area (Å²) in [5.41, 5.74) is 5.55. The van der Waals surface area contributed by atoms with E-state index in [1.807, 2.05) is 55.5 Å². The molecule has 4 heterocycles. The first-order chi connectivity index (χ1) is 20.2. The number of hydrogen-bond acceptors (Lipinski definition) is 10. The summed E-state index contributed by atoms with van der Waals surface area (Å²) in [5.74, 6) is 2.05. The van der Waals surface area contributed by atoms with Crippen LogP contribution in [-0.2, 0) is 4.74 Å². The van der Waals surface area contributed by atoms with Crippen molar-refractivity contribution < 1.29 is 9.47 Å². The molecule has 2 aromatic carbocycles. The Labute approximate surface area is 238 Å². The molecule has 5 aromatic rings. The second-order valence-electron chi connectivity index (χ2n) is 9.87. The van der Waals surface area contributed by atoms with Gasteiger partial charge in [0, 0.05) is 78.4 Å². The van der Waals surface area contributed by atoms with Crippen LogP contribution in [0.3, 0.4) is 0 Å². The Kier molecular flexibility index (Phi) is 8.20. The number of aryl methyl sites for hydroxylation is 1. The molecule has 0 spiro atoms. The van der Waals surface area contributed by atoms with E-state index in [9.17, 15) is 0 Å². The molecule has 0 bridgehead atoms. The molecule has 0 radical (unpaired) electrons. The van der Waals surface area contributed by atoms with Gasteiger partial charge in [0.2, 0.25) is 5.95 Å². The number of pyridine rings is 1.